The summed E-state index contributed by atoms with van der Waals surface area (Å²) >= 11 is 0. The van der Waals surface area contributed by atoms with Gasteiger partial charge in [-0.25, -0.2) is 0 Å². The molecule has 17 heavy (non-hydrogen) atoms. The summed E-state index contributed by atoms with van der Waals surface area (Å²) in [7, 11) is 0. The summed E-state index contributed by atoms with van der Waals surface area (Å²) in [4.78, 5) is 12.2. The number of nitrogens with one attached hydrogen (secondary N) is 1. The molecule has 3 nitrogen and oxygen atoms in total. The van der Waals surface area contributed by atoms with Crippen molar-refractivity contribution >= 4 is 5.91 Å². The maximum absolute atomic E-state index is 12.2. The van der Waals surface area contributed by atoms with Gasteiger partial charge in [0.25, 0.3) is 0 Å². The molecule has 2 aliphatic carbocycles. The average molecular weight is 238 g/mol. The summed E-state index contributed by atoms with van der Waals surface area (Å²) < 4.78 is 0. The van der Waals surface area contributed by atoms with Gasteiger partial charge in [0, 0.05) is 12.1 Å². The average Bonchev–Trinajstić information content (AvgIpc) is 2.68. The van der Waals surface area contributed by atoms with Gasteiger partial charge in [0.05, 0.1) is 5.92 Å². The number of carbonyl (C=O) groups excluding carboxylic acids is 1. The summed E-state index contributed by atoms with van der Waals surface area (Å²) in [5.41, 5.74) is 5.98. The van der Waals surface area contributed by atoms with Gasteiger partial charge < -0.3 is 11.1 Å². The minimum absolute atomic E-state index is 0.0709. The number of hydrogen-bond acceptors (Lipinski definition) is 2. The minimum Gasteiger partial charge on any atom is -0.353 e. The predicted molar refractivity (Wildman–Crippen MR) is 69.4 cm³/mol. The van der Waals surface area contributed by atoms with Crippen LogP contribution in [0.3, 0.4) is 0 Å². The fourth-order valence-electron chi connectivity index (χ4n) is 3.48. The molecule has 0 aliphatic heterocycles. The fraction of sp³-hybridized carbons (Fsp3) is 0.929. The standard InChI is InChI=1S/C14H26N2O/c1-9-6-7-13(10(2)8-9)16-14(17)11-4-3-5-12(11)15/h9-13H,3-8,15H2,1-2H3,(H,16,17). The monoisotopic (exact) mass is 238 g/mol. The van der Waals surface area contributed by atoms with E-state index in [1.165, 1.54) is 12.8 Å². The van der Waals surface area contributed by atoms with Gasteiger partial charge in [0.2, 0.25) is 5.91 Å². The molecular formula is C14H26N2O. The Morgan fingerprint density at radius 3 is 2.53 bits per heavy atom. The quantitative estimate of drug-likeness (QED) is 0.773. The SMILES string of the molecule is CC1CCC(NC(=O)C2CCCC2N)C(C)C1. The number of nitrogens with two attached hydrogens (primary N) is 1. The van der Waals surface area contributed by atoms with Crippen LogP contribution < -0.4 is 11.1 Å². The number of rotatable bonds is 2. The number of hydrogen-bond donors (Lipinski definition) is 2. The van der Waals surface area contributed by atoms with Gasteiger partial charge in [-0.05, 0) is 43.9 Å². The Balaban J connectivity index is 1.86. The predicted octanol–water partition coefficient (Wildman–Crippen LogP) is 2.05. The van der Waals surface area contributed by atoms with E-state index in [9.17, 15) is 4.79 Å². The second-order valence-corrected chi connectivity index (χ2v) is 6.21. The Hall–Kier alpha value is -0.570. The molecule has 1 amide bonds. The third-order valence-corrected chi connectivity index (χ3v) is 4.67. The second kappa shape index (κ2) is 5.38. The highest BCUT2D eigenvalue weighted by Gasteiger charge is 2.33. The Morgan fingerprint density at radius 1 is 1.18 bits per heavy atom. The lowest BCUT2D eigenvalue weighted by molar-refractivity contribution is -0.126. The molecule has 0 aromatic carbocycles. The Bertz CT molecular complexity index is 279. The summed E-state index contributed by atoms with van der Waals surface area (Å²) in [6.45, 7) is 4.57. The van der Waals surface area contributed by atoms with Crippen LogP contribution in [0, 0.1) is 17.8 Å². The van der Waals surface area contributed by atoms with Crippen LogP contribution in [-0.2, 0) is 4.79 Å². The van der Waals surface area contributed by atoms with Crippen LogP contribution in [0.25, 0.3) is 0 Å². The highest BCUT2D eigenvalue weighted by atomic mass is 16.2. The first-order valence-electron chi connectivity index (χ1n) is 7.14. The zero-order valence-electron chi connectivity index (χ0n) is 11.1. The molecule has 2 fully saturated rings. The molecule has 2 rings (SSSR count). The number of amides is 1. The largest absolute Gasteiger partial charge is 0.353 e. The Labute approximate surface area is 105 Å². The van der Waals surface area contributed by atoms with Gasteiger partial charge in [-0.1, -0.05) is 20.3 Å². The molecule has 0 bridgehead atoms. The molecule has 3 heteroatoms. The van der Waals surface area contributed by atoms with Crippen molar-refractivity contribution in [3.63, 3.8) is 0 Å². The molecule has 3 N–H and O–H groups in total. The third-order valence-electron chi connectivity index (χ3n) is 4.67. The maximum Gasteiger partial charge on any atom is 0.224 e. The first kappa shape index (κ1) is 12.9. The summed E-state index contributed by atoms with van der Waals surface area (Å²) in [5.74, 6) is 1.70. The van der Waals surface area contributed by atoms with Gasteiger partial charge in [0.15, 0.2) is 0 Å². The topological polar surface area (TPSA) is 55.1 Å². The van der Waals surface area contributed by atoms with Gasteiger partial charge in [0.1, 0.15) is 0 Å². The number of carbonyl (C=O) groups is 1. The highest BCUT2D eigenvalue weighted by molar-refractivity contribution is 5.80. The van der Waals surface area contributed by atoms with Crippen molar-refractivity contribution < 1.29 is 4.79 Å². The van der Waals surface area contributed by atoms with Gasteiger partial charge in [-0.15, -0.1) is 0 Å². The van der Waals surface area contributed by atoms with E-state index in [0.29, 0.717) is 12.0 Å². The van der Waals surface area contributed by atoms with Crippen molar-refractivity contribution in [2.24, 2.45) is 23.5 Å². The zero-order chi connectivity index (χ0) is 12.4. The highest BCUT2D eigenvalue weighted by Crippen LogP contribution is 2.30. The first-order chi connectivity index (χ1) is 8.08. The van der Waals surface area contributed by atoms with Crippen molar-refractivity contribution in [3.05, 3.63) is 0 Å². The van der Waals surface area contributed by atoms with E-state index in [2.05, 4.69) is 19.2 Å². The lowest BCUT2D eigenvalue weighted by Gasteiger charge is -2.34. The molecular weight excluding hydrogens is 212 g/mol. The molecule has 98 valence electrons. The molecule has 0 heterocycles. The lowest BCUT2D eigenvalue weighted by atomic mass is 9.79. The van der Waals surface area contributed by atoms with E-state index in [1.54, 1.807) is 0 Å². The lowest BCUT2D eigenvalue weighted by Crippen LogP contribution is -2.47. The van der Waals surface area contributed by atoms with Gasteiger partial charge in [-0.2, -0.15) is 0 Å². The van der Waals surface area contributed by atoms with Crippen LogP contribution in [0.2, 0.25) is 0 Å². The van der Waals surface area contributed by atoms with E-state index in [0.717, 1.165) is 31.6 Å². The molecule has 2 saturated carbocycles. The molecule has 0 radical (unpaired) electrons. The minimum atomic E-state index is 0.0709. The molecule has 5 atom stereocenters. The van der Waals surface area contributed by atoms with Crippen molar-refractivity contribution in [1.82, 2.24) is 5.32 Å². The van der Waals surface area contributed by atoms with E-state index >= 15 is 0 Å². The van der Waals surface area contributed by atoms with E-state index in [1.807, 2.05) is 0 Å². The normalized spacial score (nSPS) is 42.4. The zero-order valence-corrected chi connectivity index (χ0v) is 11.1. The fourth-order valence-corrected chi connectivity index (χ4v) is 3.48. The summed E-state index contributed by atoms with van der Waals surface area (Å²) in [6, 6.07) is 0.472. The van der Waals surface area contributed by atoms with Crippen molar-refractivity contribution in [2.75, 3.05) is 0 Å². The maximum atomic E-state index is 12.2. The van der Waals surface area contributed by atoms with Crippen LogP contribution in [0.5, 0.6) is 0 Å². The Kier molecular flexibility index (Phi) is 4.08. The van der Waals surface area contributed by atoms with E-state index in [4.69, 9.17) is 5.73 Å². The van der Waals surface area contributed by atoms with Crippen molar-refractivity contribution in [3.8, 4) is 0 Å². The second-order valence-electron chi connectivity index (χ2n) is 6.21. The molecule has 0 spiro atoms. The van der Waals surface area contributed by atoms with Crippen LogP contribution in [0.4, 0.5) is 0 Å². The summed E-state index contributed by atoms with van der Waals surface area (Å²) in [6.07, 6.45) is 6.71. The molecule has 0 saturated heterocycles. The van der Waals surface area contributed by atoms with Gasteiger partial charge >= 0.3 is 0 Å². The van der Waals surface area contributed by atoms with Crippen LogP contribution in [-0.4, -0.2) is 18.0 Å². The van der Waals surface area contributed by atoms with Crippen LogP contribution >= 0.6 is 0 Å². The van der Waals surface area contributed by atoms with Crippen molar-refractivity contribution in [2.45, 2.75) is 64.5 Å². The smallest absolute Gasteiger partial charge is 0.224 e. The first-order valence-corrected chi connectivity index (χ1v) is 7.14. The third kappa shape index (κ3) is 3.01. The Morgan fingerprint density at radius 2 is 1.94 bits per heavy atom. The van der Waals surface area contributed by atoms with Crippen LogP contribution in [0.1, 0.15) is 52.4 Å². The van der Waals surface area contributed by atoms with Crippen molar-refractivity contribution in [1.29, 1.82) is 0 Å². The van der Waals surface area contributed by atoms with Crippen LogP contribution in [0.15, 0.2) is 0 Å². The van der Waals surface area contributed by atoms with Gasteiger partial charge in [-0.3, -0.25) is 4.79 Å². The molecule has 0 aromatic rings. The van der Waals surface area contributed by atoms with E-state index < -0.39 is 0 Å². The van der Waals surface area contributed by atoms with E-state index in [-0.39, 0.29) is 17.9 Å². The molecule has 5 unspecified atom stereocenters. The summed E-state index contributed by atoms with van der Waals surface area (Å²) in [5, 5.41) is 3.24. The molecule has 2 aliphatic rings. The molecule has 0 aromatic heterocycles.